The molecule has 1 unspecified atom stereocenters. The molecule has 0 bridgehead atoms. The van der Waals surface area contributed by atoms with Crippen molar-refractivity contribution in [2.45, 2.75) is 50.7 Å². The fourth-order valence-electron chi connectivity index (χ4n) is 3.64. The molecule has 1 N–H and O–H groups in total. The molecular formula is C18H21F3N2O2. The highest BCUT2D eigenvalue weighted by Gasteiger charge is 2.38. The first-order valence-corrected chi connectivity index (χ1v) is 8.62. The minimum Gasteiger partial charge on any atom is -0.339 e. The van der Waals surface area contributed by atoms with Crippen LogP contribution >= 0.6 is 0 Å². The predicted molar refractivity (Wildman–Crippen MR) is 86.8 cm³/mol. The second-order valence-electron chi connectivity index (χ2n) is 6.80. The van der Waals surface area contributed by atoms with Gasteiger partial charge in [-0.1, -0.05) is 19.3 Å². The molecule has 1 saturated heterocycles. The monoisotopic (exact) mass is 354 g/mol. The SMILES string of the molecule is O=C(Nc1ccc(C(F)(F)F)cc1)C1CC(=O)N(C2CCCCC2)C1. The Balaban J connectivity index is 1.59. The molecule has 0 spiro atoms. The van der Waals surface area contributed by atoms with Crippen LogP contribution in [0.1, 0.15) is 44.1 Å². The van der Waals surface area contributed by atoms with Crippen LogP contribution in [-0.4, -0.2) is 29.3 Å². The molecule has 1 heterocycles. The number of hydrogen-bond donors (Lipinski definition) is 1. The van der Waals surface area contributed by atoms with E-state index in [1.54, 1.807) is 0 Å². The molecular weight excluding hydrogens is 333 g/mol. The van der Waals surface area contributed by atoms with Crippen molar-refractivity contribution in [2.24, 2.45) is 5.92 Å². The Hall–Kier alpha value is -2.05. The predicted octanol–water partition coefficient (Wildman–Crippen LogP) is 3.83. The van der Waals surface area contributed by atoms with Gasteiger partial charge in [-0.2, -0.15) is 13.2 Å². The normalized spacial score (nSPS) is 22.3. The van der Waals surface area contributed by atoms with E-state index in [4.69, 9.17) is 0 Å². The van der Waals surface area contributed by atoms with Crippen molar-refractivity contribution in [3.05, 3.63) is 29.8 Å². The van der Waals surface area contributed by atoms with Gasteiger partial charge in [-0.3, -0.25) is 9.59 Å². The third-order valence-corrected chi connectivity index (χ3v) is 5.02. The van der Waals surface area contributed by atoms with Gasteiger partial charge in [0.25, 0.3) is 0 Å². The molecule has 1 aliphatic carbocycles. The number of likely N-dealkylation sites (tertiary alicyclic amines) is 1. The highest BCUT2D eigenvalue weighted by Crippen LogP contribution is 2.31. The lowest BCUT2D eigenvalue weighted by Crippen LogP contribution is -2.38. The van der Waals surface area contributed by atoms with Gasteiger partial charge in [-0.15, -0.1) is 0 Å². The van der Waals surface area contributed by atoms with Crippen molar-refractivity contribution in [3.8, 4) is 0 Å². The lowest BCUT2D eigenvalue weighted by Gasteiger charge is -2.31. The Kier molecular flexibility index (Phi) is 5.01. The van der Waals surface area contributed by atoms with Crippen LogP contribution in [0, 0.1) is 5.92 Å². The quantitative estimate of drug-likeness (QED) is 0.897. The van der Waals surface area contributed by atoms with E-state index in [1.165, 1.54) is 18.6 Å². The Morgan fingerprint density at radius 3 is 2.32 bits per heavy atom. The number of nitrogens with one attached hydrogen (secondary N) is 1. The van der Waals surface area contributed by atoms with E-state index in [-0.39, 0.29) is 24.3 Å². The Morgan fingerprint density at radius 1 is 1.08 bits per heavy atom. The average molecular weight is 354 g/mol. The molecule has 2 amide bonds. The third-order valence-electron chi connectivity index (χ3n) is 5.02. The summed E-state index contributed by atoms with van der Waals surface area (Å²) in [5.74, 6) is -0.761. The van der Waals surface area contributed by atoms with Crippen LogP contribution in [0.3, 0.4) is 0 Å². The number of halogens is 3. The minimum atomic E-state index is -4.40. The summed E-state index contributed by atoms with van der Waals surface area (Å²) < 4.78 is 37.7. The first kappa shape index (κ1) is 17.8. The zero-order valence-electron chi connectivity index (χ0n) is 13.8. The van der Waals surface area contributed by atoms with Crippen molar-refractivity contribution in [2.75, 3.05) is 11.9 Å². The van der Waals surface area contributed by atoms with Crippen LogP contribution in [0.15, 0.2) is 24.3 Å². The van der Waals surface area contributed by atoms with Gasteiger partial charge in [-0.25, -0.2) is 0 Å². The number of benzene rings is 1. The number of amides is 2. The van der Waals surface area contributed by atoms with E-state index in [0.717, 1.165) is 37.8 Å². The maximum Gasteiger partial charge on any atom is 0.416 e. The molecule has 136 valence electrons. The highest BCUT2D eigenvalue weighted by molar-refractivity contribution is 5.97. The van der Waals surface area contributed by atoms with Crippen LogP contribution in [-0.2, 0) is 15.8 Å². The zero-order valence-corrected chi connectivity index (χ0v) is 13.8. The Morgan fingerprint density at radius 2 is 1.72 bits per heavy atom. The summed E-state index contributed by atoms with van der Waals surface area (Å²) in [7, 11) is 0. The first-order chi connectivity index (χ1) is 11.8. The molecule has 2 fully saturated rings. The van der Waals surface area contributed by atoms with E-state index in [2.05, 4.69) is 5.32 Å². The molecule has 0 aromatic heterocycles. The maximum atomic E-state index is 12.6. The fourth-order valence-corrected chi connectivity index (χ4v) is 3.64. The molecule has 7 heteroatoms. The topological polar surface area (TPSA) is 49.4 Å². The third kappa shape index (κ3) is 4.14. The van der Waals surface area contributed by atoms with Crippen LogP contribution in [0.4, 0.5) is 18.9 Å². The number of alkyl halides is 3. The molecule has 1 atom stereocenters. The summed E-state index contributed by atoms with van der Waals surface area (Å²) in [5, 5.41) is 2.62. The van der Waals surface area contributed by atoms with E-state index in [0.29, 0.717) is 12.2 Å². The fraction of sp³-hybridized carbons (Fsp3) is 0.556. The van der Waals surface area contributed by atoms with Gasteiger partial charge in [0.15, 0.2) is 0 Å². The minimum absolute atomic E-state index is 0.000491. The number of carbonyl (C=O) groups excluding carboxylic acids is 2. The largest absolute Gasteiger partial charge is 0.416 e. The molecule has 4 nitrogen and oxygen atoms in total. The molecule has 3 rings (SSSR count). The van der Waals surface area contributed by atoms with Gasteiger partial charge in [0.05, 0.1) is 11.5 Å². The van der Waals surface area contributed by atoms with Crippen LogP contribution in [0.25, 0.3) is 0 Å². The number of anilines is 1. The van der Waals surface area contributed by atoms with Crippen molar-refractivity contribution in [1.29, 1.82) is 0 Å². The van der Waals surface area contributed by atoms with Crippen molar-refractivity contribution >= 4 is 17.5 Å². The average Bonchev–Trinajstić information content (AvgIpc) is 2.97. The second-order valence-corrected chi connectivity index (χ2v) is 6.80. The molecule has 25 heavy (non-hydrogen) atoms. The smallest absolute Gasteiger partial charge is 0.339 e. The van der Waals surface area contributed by atoms with Crippen LogP contribution < -0.4 is 5.32 Å². The second kappa shape index (κ2) is 7.06. The van der Waals surface area contributed by atoms with Gasteiger partial charge >= 0.3 is 6.18 Å². The summed E-state index contributed by atoms with van der Waals surface area (Å²) >= 11 is 0. The number of rotatable bonds is 3. The van der Waals surface area contributed by atoms with Crippen LogP contribution in [0.2, 0.25) is 0 Å². The molecule has 1 aliphatic heterocycles. The van der Waals surface area contributed by atoms with Gasteiger partial charge in [0.2, 0.25) is 11.8 Å². The van der Waals surface area contributed by atoms with Crippen molar-refractivity contribution in [3.63, 3.8) is 0 Å². The van der Waals surface area contributed by atoms with Gasteiger partial charge < -0.3 is 10.2 Å². The zero-order chi connectivity index (χ0) is 18.0. The number of carbonyl (C=O) groups is 2. The molecule has 0 radical (unpaired) electrons. The maximum absolute atomic E-state index is 12.6. The molecule has 2 aliphatic rings. The van der Waals surface area contributed by atoms with E-state index in [9.17, 15) is 22.8 Å². The Labute approximate surface area is 144 Å². The molecule has 1 aromatic carbocycles. The lowest BCUT2D eigenvalue weighted by atomic mass is 9.94. The summed E-state index contributed by atoms with van der Waals surface area (Å²) in [6.07, 6.45) is 1.14. The van der Waals surface area contributed by atoms with Gasteiger partial charge in [-0.05, 0) is 37.1 Å². The van der Waals surface area contributed by atoms with Crippen molar-refractivity contribution < 1.29 is 22.8 Å². The number of nitrogens with zero attached hydrogens (tertiary/aromatic N) is 1. The van der Waals surface area contributed by atoms with Crippen molar-refractivity contribution in [1.82, 2.24) is 4.90 Å². The summed E-state index contributed by atoms with van der Waals surface area (Å²) in [4.78, 5) is 26.4. The molecule has 1 aromatic rings. The van der Waals surface area contributed by atoms with E-state index >= 15 is 0 Å². The highest BCUT2D eigenvalue weighted by atomic mass is 19.4. The van der Waals surface area contributed by atoms with E-state index in [1.807, 2.05) is 4.90 Å². The standard InChI is InChI=1S/C18H21F3N2O2/c19-18(20,21)13-6-8-14(9-7-13)22-17(25)12-10-16(24)23(11-12)15-4-2-1-3-5-15/h6-9,12,15H,1-5,10-11H2,(H,22,25). The lowest BCUT2D eigenvalue weighted by molar-refractivity contribution is -0.137. The number of hydrogen-bond acceptors (Lipinski definition) is 2. The summed E-state index contributed by atoms with van der Waals surface area (Å²) in [5.41, 5.74) is -0.452. The summed E-state index contributed by atoms with van der Waals surface area (Å²) in [6.45, 7) is 0.399. The Bertz CT molecular complexity index is 637. The first-order valence-electron chi connectivity index (χ1n) is 8.62. The van der Waals surface area contributed by atoms with Crippen LogP contribution in [0.5, 0.6) is 0 Å². The van der Waals surface area contributed by atoms with Gasteiger partial charge in [0.1, 0.15) is 0 Å². The summed E-state index contributed by atoms with van der Waals surface area (Å²) in [6, 6.07) is 4.56. The van der Waals surface area contributed by atoms with E-state index < -0.39 is 17.7 Å². The molecule has 1 saturated carbocycles. The van der Waals surface area contributed by atoms with Gasteiger partial charge in [0, 0.05) is 24.7 Å².